The Hall–Kier alpha value is -1.94. The maximum Gasteiger partial charge on any atom is 0.472 e. The maximum absolute atomic E-state index is 13.1. The summed E-state index contributed by atoms with van der Waals surface area (Å²) >= 11 is 0. The number of aliphatic hydroxyl groups is 1. The third kappa shape index (κ3) is 79.9. The molecule has 2 unspecified atom stereocenters. The summed E-state index contributed by atoms with van der Waals surface area (Å²) in [5.74, 6) is -0.513. The van der Waals surface area contributed by atoms with Gasteiger partial charge in [-0.1, -0.05) is 408 Å². The van der Waals surface area contributed by atoms with E-state index in [1.54, 1.807) is 0 Å². The fourth-order valence-corrected chi connectivity index (χ4v) is 15.0. The number of hydrogen-bond donors (Lipinski definition) is 3. The van der Waals surface area contributed by atoms with E-state index in [0.717, 1.165) is 102 Å². The first-order valence-corrected chi connectivity index (χ1v) is 47.5. The molecule has 0 aromatic rings. The van der Waals surface area contributed by atoms with Crippen LogP contribution in [-0.4, -0.2) is 96.7 Å². The van der Waals surface area contributed by atoms with E-state index < -0.39 is 97.5 Å². The Bertz CT molecular complexity index is 2010. The van der Waals surface area contributed by atoms with Crippen LogP contribution in [0.3, 0.4) is 0 Å². The van der Waals surface area contributed by atoms with E-state index >= 15 is 0 Å². The highest BCUT2D eigenvalue weighted by atomic mass is 31.2. The van der Waals surface area contributed by atoms with Gasteiger partial charge >= 0.3 is 39.5 Å². The first kappa shape index (κ1) is 103. The number of phosphoric acid groups is 2. The predicted octanol–water partition coefficient (Wildman–Crippen LogP) is 26.2. The molecule has 105 heavy (non-hydrogen) atoms. The molecule has 0 aromatic heterocycles. The second kappa shape index (κ2) is 77.4. The zero-order valence-electron chi connectivity index (χ0n) is 69.0. The summed E-state index contributed by atoms with van der Waals surface area (Å²) in [6.45, 7) is 9.72. The quantitative estimate of drug-likeness (QED) is 0.0222. The normalized spacial score (nSPS) is 13.8. The third-order valence-corrected chi connectivity index (χ3v) is 22.1. The van der Waals surface area contributed by atoms with E-state index in [4.69, 9.17) is 37.0 Å². The highest BCUT2D eigenvalue weighted by Crippen LogP contribution is 2.45. The lowest BCUT2D eigenvalue weighted by Gasteiger charge is -2.21. The van der Waals surface area contributed by atoms with E-state index in [9.17, 15) is 43.2 Å². The number of carbonyl (C=O) groups excluding carboxylic acids is 4. The van der Waals surface area contributed by atoms with Crippen LogP contribution in [0.1, 0.15) is 459 Å². The SMILES string of the molecule is CCCCCCCCCCCCCCCCCCCCCC(=O)O[C@H](COC(=O)CCCCCCCCCCCCCCCCC(C)C)COP(=O)(O)OC[C@@H](O)COP(=O)(O)OC[C@@H](COC(=O)CCCCCCCCCCCCCCC)OC(=O)CCCCCCCCCCCCCCCC(C)C. The van der Waals surface area contributed by atoms with Crippen molar-refractivity contribution in [3.63, 3.8) is 0 Å². The van der Waals surface area contributed by atoms with Gasteiger partial charge in [-0.3, -0.25) is 37.3 Å². The molecule has 0 aliphatic rings. The molecule has 0 amide bonds. The van der Waals surface area contributed by atoms with Crippen LogP contribution in [0.2, 0.25) is 0 Å². The van der Waals surface area contributed by atoms with Crippen LogP contribution in [0.4, 0.5) is 0 Å². The number of phosphoric ester groups is 2. The Morgan fingerprint density at radius 3 is 0.648 bits per heavy atom. The molecule has 17 nitrogen and oxygen atoms in total. The van der Waals surface area contributed by atoms with Crippen LogP contribution in [0.25, 0.3) is 0 Å². The smallest absolute Gasteiger partial charge is 0.462 e. The Labute approximate surface area is 645 Å². The molecule has 0 saturated heterocycles. The van der Waals surface area contributed by atoms with Crippen LogP contribution >= 0.6 is 15.6 Å². The monoisotopic (exact) mass is 1540 g/mol. The fourth-order valence-electron chi connectivity index (χ4n) is 13.4. The van der Waals surface area contributed by atoms with Gasteiger partial charge in [0.05, 0.1) is 26.4 Å². The molecule has 0 radical (unpaired) electrons. The van der Waals surface area contributed by atoms with Crippen molar-refractivity contribution in [2.45, 2.75) is 477 Å². The van der Waals surface area contributed by atoms with Gasteiger partial charge in [-0.05, 0) is 37.5 Å². The van der Waals surface area contributed by atoms with Gasteiger partial charge in [0.1, 0.15) is 19.3 Å². The second-order valence-corrected chi connectivity index (χ2v) is 34.8. The predicted molar refractivity (Wildman–Crippen MR) is 432 cm³/mol. The van der Waals surface area contributed by atoms with Gasteiger partial charge in [0.15, 0.2) is 12.2 Å². The van der Waals surface area contributed by atoms with Crippen LogP contribution in [0, 0.1) is 11.8 Å². The largest absolute Gasteiger partial charge is 0.472 e. The molecule has 624 valence electrons. The molecule has 0 fully saturated rings. The summed E-state index contributed by atoms with van der Waals surface area (Å²) in [6, 6.07) is 0. The van der Waals surface area contributed by atoms with E-state index in [-0.39, 0.29) is 25.7 Å². The summed E-state index contributed by atoms with van der Waals surface area (Å²) in [4.78, 5) is 73.3. The molecule has 0 aliphatic heterocycles. The Morgan fingerprint density at radius 2 is 0.438 bits per heavy atom. The molecular formula is C86H168O17P2. The van der Waals surface area contributed by atoms with Gasteiger partial charge in [0, 0.05) is 25.7 Å². The number of ether oxygens (including phenoxy) is 4. The number of unbranched alkanes of at least 4 members (excludes halogenated alkanes) is 55. The first-order chi connectivity index (χ1) is 50.9. The van der Waals surface area contributed by atoms with Crippen molar-refractivity contribution in [1.82, 2.24) is 0 Å². The minimum atomic E-state index is -4.97. The van der Waals surface area contributed by atoms with Crippen molar-refractivity contribution < 1.29 is 80.2 Å². The lowest BCUT2D eigenvalue weighted by atomic mass is 10.0. The molecule has 19 heteroatoms. The topological polar surface area (TPSA) is 237 Å². The standard InChI is InChI=1S/C86H168O17P2/c1-7-9-11-13-15-17-19-21-22-23-24-25-26-34-40-46-52-58-64-70-85(90)102-82(75-97-84(89)69-63-57-51-45-39-33-28-27-31-36-42-48-54-60-66-78(3)4)77-101-105(94,95)99-73-80(87)72-98-104(92,93)100-76-81(74-96-83(88)68-62-56-50-44-38-30-20-18-16-14-12-10-8-2)103-86(91)71-65-59-53-47-41-35-29-32-37-43-49-55-61-67-79(5)6/h78-82,87H,7-77H2,1-6H3,(H,92,93)(H,94,95)/t80-,81+,82+/m0/s1. The zero-order valence-corrected chi connectivity index (χ0v) is 70.8. The lowest BCUT2D eigenvalue weighted by Crippen LogP contribution is -2.30. The molecule has 0 aromatic carbocycles. The van der Waals surface area contributed by atoms with E-state index in [1.165, 1.54) is 276 Å². The van der Waals surface area contributed by atoms with Gasteiger partial charge in [-0.2, -0.15) is 0 Å². The molecule has 0 saturated carbocycles. The molecule has 0 heterocycles. The van der Waals surface area contributed by atoms with Gasteiger partial charge in [-0.15, -0.1) is 0 Å². The number of rotatable bonds is 85. The first-order valence-electron chi connectivity index (χ1n) is 44.5. The van der Waals surface area contributed by atoms with Crippen molar-refractivity contribution in [2.24, 2.45) is 11.8 Å². The Balaban J connectivity index is 5.27. The van der Waals surface area contributed by atoms with Gasteiger partial charge in [-0.25, -0.2) is 9.13 Å². The summed E-state index contributed by atoms with van der Waals surface area (Å²) in [7, 11) is -9.93. The van der Waals surface area contributed by atoms with Crippen LogP contribution in [0.5, 0.6) is 0 Å². The van der Waals surface area contributed by atoms with Crippen LogP contribution < -0.4 is 0 Å². The summed E-state index contributed by atoms with van der Waals surface area (Å²) < 4.78 is 68.9. The van der Waals surface area contributed by atoms with Crippen LogP contribution in [0.15, 0.2) is 0 Å². The number of carbonyl (C=O) groups is 4. The van der Waals surface area contributed by atoms with Crippen molar-refractivity contribution in [3.8, 4) is 0 Å². The number of esters is 4. The van der Waals surface area contributed by atoms with Crippen molar-refractivity contribution >= 4 is 39.5 Å². The summed E-state index contributed by atoms with van der Waals surface area (Å²) in [5, 5.41) is 10.7. The molecule has 0 rings (SSSR count). The number of hydrogen-bond acceptors (Lipinski definition) is 15. The fraction of sp³-hybridized carbons (Fsp3) is 0.953. The van der Waals surface area contributed by atoms with Crippen molar-refractivity contribution in [1.29, 1.82) is 0 Å². The molecule has 3 N–H and O–H groups in total. The van der Waals surface area contributed by atoms with Crippen molar-refractivity contribution in [2.75, 3.05) is 39.6 Å². The van der Waals surface area contributed by atoms with Gasteiger partial charge in [0.25, 0.3) is 0 Å². The Kier molecular flexibility index (Phi) is 76.0. The minimum Gasteiger partial charge on any atom is -0.462 e. The molecule has 5 atom stereocenters. The van der Waals surface area contributed by atoms with Crippen LogP contribution in [-0.2, 0) is 65.4 Å². The molecular weight excluding hydrogens is 1370 g/mol. The third-order valence-electron chi connectivity index (χ3n) is 20.2. The zero-order chi connectivity index (χ0) is 77.1. The average molecular weight is 1540 g/mol. The summed E-state index contributed by atoms with van der Waals surface area (Å²) in [5.41, 5.74) is 0. The van der Waals surface area contributed by atoms with Crippen molar-refractivity contribution in [3.05, 3.63) is 0 Å². The molecule has 0 spiro atoms. The van der Waals surface area contributed by atoms with E-state index in [2.05, 4.69) is 41.5 Å². The second-order valence-electron chi connectivity index (χ2n) is 31.9. The highest BCUT2D eigenvalue weighted by Gasteiger charge is 2.30. The maximum atomic E-state index is 13.1. The Morgan fingerprint density at radius 1 is 0.257 bits per heavy atom. The summed E-state index contributed by atoms with van der Waals surface area (Å²) in [6.07, 6.45) is 69.3. The van der Waals surface area contributed by atoms with Gasteiger partial charge < -0.3 is 33.8 Å². The highest BCUT2D eigenvalue weighted by molar-refractivity contribution is 7.47. The minimum absolute atomic E-state index is 0.108. The molecule has 0 aliphatic carbocycles. The molecule has 0 bridgehead atoms. The number of aliphatic hydroxyl groups excluding tert-OH is 1. The van der Waals surface area contributed by atoms with Gasteiger partial charge in [0.2, 0.25) is 0 Å². The lowest BCUT2D eigenvalue weighted by molar-refractivity contribution is -0.161. The van der Waals surface area contributed by atoms with E-state index in [0.29, 0.717) is 25.7 Å². The van der Waals surface area contributed by atoms with E-state index in [1.807, 2.05) is 0 Å². The average Bonchev–Trinajstić information content (AvgIpc) is 0.933.